The Balaban J connectivity index is 1.74. The molecule has 0 unspecified atom stereocenters. The van der Waals surface area contributed by atoms with Gasteiger partial charge >= 0.3 is 0 Å². The number of hydrogen-bond acceptors (Lipinski definition) is 6. The number of nitrogens with zero attached hydrogens (tertiary/aromatic N) is 2. The molecule has 2 aromatic heterocycles. The van der Waals surface area contributed by atoms with Gasteiger partial charge in [-0.25, -0.2) is 18.7 Å². The lowest BCUT2D eigenvalue weighted by Crippen LogP contribution is -2.23. The number of carbonyl (C=O) groups excluding carboxylic acids is 1. The van der Waals surface area contributed by atoms with E-state index in [1.54, 1.807) is 6.92 Å². The number of amides is 1. The third kappa shape index (κ3) is 3.46. The molecule has 3 rings (SSSR count). The van der Waals surface area contributed by atoms with Gasteiger partial charge in [-0.2, -0.15) is 0 Å². The summed E-state index contributed by atoms with van der Waals surface area (Å²) in [6.45, 7) is 1.62. The normalized spacial score (nSPS) is 12.3. The number of fused-ring (bicyclic) bond motifs is 1. The summed E-state index contributed by atoms with van der Waals surface area (Å²) in [6, 6.07) is 4.69. The smallest absolute Gasteiger partial charge is 0.237 e. The highest BCUT2D eigenvalue weighted by molar-refractivity contribution is 8.00. The zero-order valence-electron chi connectivity index (χ0n) is 12.4. The molecule has 2 heterocycles. The molecular weight excluding hydrogens is 354 g/mol. The number of carbonyl (C=O) groups is 1. The molecule has 0 radical (unpaired) electrons. The Hall–Kier alpha value is -2.26. The molecule has 3 aromatic rings. The molecular formula is C15H12F2N4OS2. The van der Waals surface area contributed by atoms with E-state index in [0.717, 1.165) is 40.2 Å². The lowest BCUT2D eigenvalue weighted by molar-refractivity contribution is -0.115. The van der Waals surface area contributed by atoms with Gasteiger partial charge in [0.1, 0.15) is 22.3 Å². The predicted octanol–water partition coefficient (Wildman–Crippen LogP) is 3.67. The molecule has 0 aliphatic heterocycles. The fraction of sp³-hybridized carbons (Fsp3) is 0.133. The van der Waals surface area contributed by atoms with E-state index in [0.29, 0.717) is 11.0 Å². The molecule has 0 bridgehead atoms. The number of hydrogen-bond donors (Lipinski definition) is 2. The van der Waals surface area contributed by atoms with E-state index < -0.39 is 22.8 Å². The van der Waals surface area contributed by atoms with Gasteiger partial charge in [0.05, 0.1) is 16.3 Å². The van der Waals surface area contributed by atoms with Crippen molar-refractivity contribution in [2.75, 3.05) is 11.1 Å². The second kappa shape index (κ2) is 6.70. The largest absolute Gasteiger partial charge is 0.383 e. The molecule has 24 heavy (non-hydrogen) atoms. The van der Waals surface area contributed by atoms with Crippen LogP contribution in [0.5, 0.6) is 0 Å². The van der Waals surface area contributed by atoms with Crippen LogP contribution < -0.4 is 11.1 Å². The molecule has 5 nitrogen and oxygen atoms in total. The zero-order valence-corrected chi connectivity index (χ0v) is 14.0. The van der Waals surface area contributed by atoms with Crippen molar-refractivity contribution in [2.24, 2.45) is 0 Å². The Labute approximate surface area is 144 Å². The van der Waals surface area contributed by atoms with Crippen molar-refractivity contribution >= 4 is 50.7 Å². The number of thioether (sulfide) groups is 1. The molecule has 0 spiro atoms. The van der Waals surface area contributed by atoms with Crippen LogP contribution in [0.25, 0.3) is 10.2 Å². The monoisotopic (exact) mass is 366 g/mol. The Morgan fingerprint density at radius 2 is 2.12 bits per heavy atom. The van der Waals surface area contributed by atoms with Crippen LogP contribution in [0.1, 0.15) is 6.92 Å². The highest BCUT2D eigenvalue weighted by atomic mass is 32.2. The minimum Gasteiger partial charge on any atom is -0.383 e. The standard InChI is InChI=1S/C15H12F2N4OS2/c1-7(13(22)19-11-6-8(16)2-3-10(11)17)24-15-20-12(18)9-4-5-23-14(9)21-15/h2-7H,1H3,(H,19,22)(H2,18,20,21)/t7-/m0/s1. The average molecular weight is 366 g/mol. The first-order valence-corrected chi connectivity index (χ1v) is 8.63. The number of nitrogens with two attached hydrogens (primary N) is 1. The Morgan fingerprint density at radius 3 is 2.92 bits per heavy atom. The lowest BCUT2D eigenvalue weighted by atomic mass is 10.3. The summed E-state index contributed by atoms with van der Waals surface area (Å²) in [7, 11) is 0. The van der Waals surface area contributed by atoms with Gasteiger partial charge in [-0.05, 0) is 30.5 Å². The van der Waals surface area contributed by atoms with Crippen LogP contribution in [0, 0.1) is 11.6 Å². The van der Waals surface area contributed by atoms with E-state index in [9.17, 15) is 13.6 Å². The minimum absolute atomic E-state index is 0.207. The van der Waals surface area contributed by atoms with Crippen LogP contribution in [-0.4, -0.2) is 21.1 Å². The van der Waals surface area contributed by atoms with Crippen LogP contribution in [0.3, 0.4) is 0 Å². The number of rotatable bonds is 4. The fourth-order valence-corrected chi connectivity index (χ4v) is 3.56. The molecule has 0 saturated heterocycles. The second-order valence-electron chi connectivity index (χ2n) is 4.90. The van der Waals surface area contributed by atoms with Crippen LogP contribution in [0.4, 0.5) is 20.3 Å². The summed E-state index contributed by atoms with van der Waals surface area (Å²) < 4.78 is 26.7. The fourth-order valence-electron chi connectivity index (χ4n) is 1.95. The van der Waals surface area contributed by atoms with Crippen molar-refractivity contribution in [3.05, 3.63) is 41.3 Å². The summed E-state index contributed by atoms with van der Waals surface area (Å²) in [5, 5.41) is 4.71. The minimum atomic E-state index is -0.706. The van der Waals surface area contributed by atoms with Gasteiger partial charge in [-0.1, -0.05) is 11.8 Å². The van der Waals surface area contributed by atoms with Gasteiger partial charge in [0.25, 0.3) is 0 Å². The maximum atomic E-state index is 13.6. The molecule has 1 amide bonds. The molecule has 0 saturated carbocycles. The van der Waals surface area contributed by atoms with Gasteiger partial charge in [0.15, 0.2) is 5.16 Å². The Kier molecular flexibility index (Phi) is 4.63. The van der Waals surface area contributed by atoms with Crippen molar-refractivity contribution in [2.45, 2.75) is 17.3 Å². The first-order chi connectivity index (χ1) is 11.4. The number of benzene rings is 1. The molecule has 3 N–H and O–H groups in total. The van der Waals surface area contributed by atoms with Gasteiger partial charge in [0, 0.05) is 6.07 Å². The van der Waals surface area contributed by atoms with Crippen LogP contribution >= 0.6 is 23.1 Å². The first kappa shape index (κ1) is 16.6. The Bertz CT molecular complexity index is 916. The number of halogens is 2. The maximum absolute atomic E-state index is 13.6. The van der Waals surface area contributed by atoms with E-state index in [4.69, 9.17) is 5.73 Å². The summed E-state index contributed by atoms with van der Waals surface area (Å²) in [6.07, 6.45) is 0. The van der Waals surface area contributed by atoms with Crippen LogP contribution in [0.2, 0.25) is 0 Å². The number of thiophene rings is 1. The molecule has 0 aliphatic carbocycles. The predicted molar refractivity (Wildman–Crippen MR) is 92.1 cm³/mol. The summed E-state index contributed by atoms with van der Waals surface area (Å²) >= 11 is 2.51. The summed E-state index contributed by atoms with van der Waals surface area (Å²) in [5.74, 6) is -1.49. The van der Waals surface area contributed by atoms with Gasteiger partial charge in [-0.15, -0.1) is 11.3 Å². The topological polar surface area (TPSA) is 80.9 Å². The molecule has 124 valence electrons. The van der Waals surface area contributed by atoms with E-state index in [1.807, 2.05) is 11.4 Å². The van der Waals surface area contributed by atoms with Crippen LogP contribution in [-0.2, 0) is 4.79 Å². The highest BCUT2D eigenvalue weighted by Crippen LogP contribution is 2.28. The van der Waals surface area contributed by atoms with E-state index in [1.165, 1.54) is 11.3 Å². The van der Waals surface area contributed by atoms with Crippen LogP contribution in [0.15, 0.2) is 34.8 Å². The quantitative estimate of drug-likeness (QED) is 0.544. The van der Waals surface area contributed by atoms with Crippen molar-refractivity contribution in [3.8, 4) is 0 Å². The first-order valence-electron chi connectivity index (χ1n) is 6.87. The molecule has 1 atom stereocenters. The van der Waals surface area contributed by atoms with Crippen molar-refractivity contribution in [3.63, 3.8) is 0 Å². The third-order valence-electron chi connectivity index (χ3n) is 3.17. The van der Waals surface area contributed by atoms with Crippen molar-refractivity contribution in [1.29, 1.82) is 0 Å². The van der Waals surface area contributed by atoms with Gasteiger partial charge < -0.3 is 11.1 Å². The summed E-state index contributed by atoms with van der Waals surface area (Å²) in [5.41, 5.74) is 5.66. The zero-order chi connectivity index (χ0) is 17.3. The third-order valence-corrected chi connectivity index (χ3v) is 4.94. The summed E-state index contributed by atoms with van der Waals surface area (Å²) in [4.78, 5) is 21.4. The van der Waals surface area contributed by atoms with Crippen molar-refractivity contribution in [1.82, 2.24) is 9.97 Å². The van der Waals surface area contributed by atoms with E-state index in [-0.39, 0.29) is 5.69 Å². The maximum Gasteiger partial charge on any atom is 0.237 e. The van der Waals surface area contributed by atoms with Crippen molar-refractivity contribution < 1.29 is 13.6 Å². The number of anilines is 2. The second-order valence-corrected chi connectivity index (χ2v) is 7.11. The van der Waals surface area contributed by atoms with E-state index in [2.05, 4.69) is 15.3 Å². The SMILES string of the molecule is C[C@H](Sc1nc(N)c2ccsc2n1)C(=O)Nc1cc(F)ccc1F. The number of nitrogens with one attached hydrogen (secondary N) is 1. The molecule has 9 heteroatoms. The van der Waals surface area contributed by atoms with Gasteiger partial charge in [-0.3, -0.25) is 4.79 Å². The Morgan fingerprint density at radius 1 is 1.33 bits per heavy atom. The molecule has 0 aliphatic rings. The number of nitrogen functional groups attached to an aromatic ring is 1. The van der Waals surface area contributed by atoms with Gasteiger partial charge in [0.2, 0.25) is 5.91 Å². The lowest BCUT2D eigenvalue weighted by Gasteiger charge is -2.12. The highest BCUT2D eigenvalue weighted by Gasteiger charge is 2.19. The molecule has 1 aromatic carbocycles. The molecule has 0 fully saturated rings. The average Bonchev–Trinajstić information content (AvgIpc) is 2.99. The number of aromatic nitrogens is 2. The van der Waals surface area contributed by atoms with E-state index >= 15 is 0 Å².